The molecule has 0 spiro atoms. The maximum atomic E-state index is 12.5. The standard InChI is InChI=1S/C17H24F3N3/c18-17(19,20)14-5-6-16(21-11-14)22-15-7-9-23(10-8-15)12-13-3-1-2-4-13/h5-6,11,13,15H,1-4,7-10,12H2,(H,21,22). The van der Waals surface area contributed by atoms with E-state index in [1.54, 1.807) is 0 Å². The second-order valence-electron chi connectivity index (χ2n) is 6.80. The van der Waals surface area contributed by atoms with Crippen LogP contribution in [0.1, 0.15) is 44.1 Å². The molecule has 1 N–H and O–H groups in total. The molecule has 3 nitrogen and oxygen atoms in total. The van der Waals surface area contributed by atoms with Crippen molar-refractivity contribution in [3.05, 3.63) is 23.9 Å². The van der Waals surface area contributed by atoms with Gasteiger partial charge in [0.05, 0.1) is 5.56 Å². The molecule has 2 heterocycles. The zero-order chi connectivity index (χ0) is 16.3. The molecule has 3 rings (SSSR count). The molecule has 0 radical (unpaired) electrons. The summed E-state index contributed by atoms with van der Waals surface area (Å²) < 4.78 is 37.6. The summed E-state index contributed by atoms with van der Waals surface area (Å²) in [6, 6.07) is 2.82. The van der Waals surface area contributed by atoms with Crippen molar-refractivity contribution >= 4 is 5.82 Å². The van der Waals surface area contributed by atoms with Crippen molar-refractivity contribution < 1.29 is 13.2 Å². The third kappa shape index (κ3) is 4.59. The Hall–Kier alpha value is -1.30. The third-order valence-corrected chi connectivity index (χ3v) is 5.02. The summed E-state index contributed by atoms with van der Waals surface area (Å²) in [4.78, 5) is 6.43. The van der Waals surface area contributed by atoms with Gasteiger partial charge in [0.25, 0.3) is 0 Å². The molecule has 0 aromatic carbocycles. The molecule has 128 valence electrons. The lowest BCUT2D eigenvalue weighted by molar-refractivity contribution is -0.137. The molecule has 0 unspecified atom stereocenters. The fraction of sp³-hybridized carbons (Fsp3) is 0.706. The number of likely N-dealkylation sites (tertiary alicyclic amines) is 1. The number of pyridine rings is 1. The maximum Gasteiger partial charge on any atom is 0.417 e. The largest absolute Gasteiger partial charge is 0.417 e. The first-order chi connectivity index (χ1) is 11.0. The van der Waals surface area contributed by atoms with E-state index < -0.39 is 11.7 Å². The van der Waals surface area contributed by atoms with Gasteiger partial charge in [-0.3, -0.25) is 0 Å². The average Bonchev–Trinajstić information content (AvgIpc) is 3.02. The first-order valence-electron chi connectivity index (χ1n) is 8.53. The minimum Gasteiger partial charge on any atom is -0.367 e. The molecule has 1 aliphatic heterocycles. The summed E-state index contributed by atoms with van der Waals surface area (Å²) >= 11 is 0. The van der Waals surface area contributed by atoms with Gasteiger partial charge in [-0.15, -0.1) is 0 Å². The van der Waals surface area contributed by atoms with Crippen molar-refractivity contribution in [3.63, 3.8) is 0 Å². The number of piperidine rings is 1. The van der Waals surface area contributed by atoms with Crippen molar-refractivity contribution in [2.75, 3.05) is 25.0 Å². The lowest BCUT2D eigenvalue weighted by Crippen LogP contribution is -2.41. The van der Waals surface area contributed by atoms with Gasteiger partial charge < -0.3 is 10.2 Å². The van der Waals surface area contributed by atoms with Crippen LogP contribution >= 0.6 is 0 Å². The molecule has 1 aromatic rings. The van der Waals surface area contributed by atoms with E-state index in [1.165, 1.54) is 38.3 Å². The zero-order valence-corrected chi connectivity index (χ0v) is 13.3. The second-order valence-corrected chi connectivity index (χ2v) is 6.80. The number of halogens is 3. The van der Waals surface area contributed by atoms with Crippen LogP contribution in [0, 0.1) is 5.92 Å². The molecule has 1 aromatic heterocycles. The van der Waals surface area contributed by atoms with Gasteiger partial charge in [-0.05, 0) is 43.7 Å². The van der Waals surface area contributed by atoms with Gasteiger partial charge in [0.2, 0.25) is 0 Å². The van der Waals surface area contributed by atoms with Crippen LogP contribution in [0.15, 0.2) is 18.3 Å². The van der Waals surface area contributed by atoms with Crippen LogP contribution in [0.5, 0.6) is 0 Å². The fourth-order valence-electron chi connectivity index (χ4n) is 3.67. The van der Waals surface area contributed by atoms with E-state index in [0.29, 0.717) is 11.9 Å². The molecule has 0 amide bonds. The highest BCUT2D eigenvalue weighted by Crippen LogP contribution is 2.29. The van der Waals surface area contributed by atoms with Crippen LogP contribution in [0.25, 0.3) is 0 Å². The number of rotatable bonds is 4. The van der Waals surface area contributed by atoms with Crippen molar-refractivity contribution in [2.24, 2.45) is 5.92 Å². The molecule has 1 saturated carbocycles. The van der Waals surface area contributed by atoms with E-state index in [9.17, 15) is 13.2 Å². The Labute approximate surface area is 135 Å². The number of nitrogens with zero attached hydrogens (tertiary/aromatic N) is 2. The third-order valence-electron chi connectivity index (χ3n) is 5.02. The molecule has 1 saturated heterocycles. The first-order valence-corrected chi connectivity index (χ1v) is 8.53. The summed E-state index contributed by atoms with van der Waals surface area (Å²) in [5, 5.41) is 3.27. The van der Waals surface area contributed by atoms with E-state index in [2.05, 4.69) is 15.2 Å². The number of hydrogen-bond acceptors (Lipinski definition) is 3. The molecule has 2 fully saturated rings. The summed E-state index contributed by atoms with van der Waals surface area (Å²) in [5.41, 5.74) is -0.700. The van der Waals surface area contributed by atoms with Crippen LogP contribution in [-0.2, 0) is 6.18 Å². The number of hydrogen-bond donors (Lipinski definition) is 1. The Morgan fingerprint density at radius 3 is 2.35 bits per heavy atom. The minimum absolute atomic E-state index is 0.305. The van der Waals surface area contributed by atoms with Crippen LogP contribution in [0.2, 0.25) is 0 Å². The number of nitrogens with one attached hydrogen (secondary N) is 1. The number of aromatic nitrogens is 1. The van der Waals surface area contributed by atoms with Crippen LogP contribution in [0.4, 0.5) is 19.0 Å². The predicted octanol–water partition coefficient (Wildman–Crippen LogP) is 4.17. The van der Waals surface area contributed by atoms with Gasteiger partial charge in [0.15, 0.2) is 0 Å². The molecule has 0 atom stereocenters. The SMILES string of the molecule is FC(F)(F)c1ccc(NC2CCN(CC3CCCC3)CC2)nc1. The Kier molecular flexibility index (Phi) is 5.09. The monoisotopic (exact) mass is 327 g/mol. The smallest absolute Gasteiger partial charge is 0.367 e. The molecule has 0 bridgehead atoms. The van der Waals surface area contributed by atoms with Crippen LogP contribution in [-0.4, -0.2) is 35.6 Å². The quantitative estimate of drug-likeness (QED) is 0.900. The van der Waals surface area contributed by atoms with E-state index in [4.69, 9.17) is 0 Å². The first kappa shape index (κ1) is 16.6. The van der Waals surface area contributed by atoms with Crippen molar-refractivity contribution in [1.82, 2.24) is 9.88 Å². The lowest BCUT2D eigenvalue weighted by atomic mass is 10.0. The second kappa shape index (κ2) is 7.07. The van der Waals surface area contributed by atoms with Gasteiger partial charge >= 0.3 is 6.18 Å². The van der Waals surface area contributed by atoms with Crippen molar-refractivity contribution in [3.8, 4) is 0 Å². The maximum absolute atomic E-state index is 12.5. The molecule has 1 aliphatic carbocycles. The van der Waals surface area contributed by atoms with E-state index >= 15 is 0 Å². The molecule has 23 heavy (non-hydrogen) atoms. The molecule has 2 aliphatic rings. The summed E-state index contributed by atoms with van der Waals surface area (Å²) in [6.45, 7) is 3.34. The highest BCUT2D eigenvalue weighted by atomic mass is 19.4. The van der Waals surface area contributed by atoms with Gasteiger partial charge in [-0.25, -0.2) is 4.98 Å². The summed E-state index contributed by atoms with van der Waals surface area (Å²) in [7, 11) is 0. The van der Waals surface area contributed by atoms with Crippen molar-refractivity contribution in [1.29, 1.82) is 0 Å². The Bertz CT molecular complexity index is 487. The van der Waals surface area contributed by atoms with Crippen LogP contribution < -0.4 is 5.32 Å². The number of anilines is 1. The molecule has 6 heteroatoms. The highest BCUT2D eigenvalue weighted by Gasteiger charge is 2.30. The Morgan fingerprint density at radius 2 is 1.78 bits per heavy atom. The fourth-order valence-corrected chi connectivity index (χ4v) is 3.67. The highest BCUT2D eigenvalue weighted by molar-refractivity contribution is 5.37. The van der Waals surface area contributed by atoms with Crippen molar-refractivity contribution in [2.45, 2.75) is 50.7 Å². The van der Waals surface area contributed by atoms with E-state index in [-0.39, 0.29) is 0 Å². The van der Waals surface area contributed by atoms with Gasteiger partial charge in [0, 0.05) is 31.9 Å². The molecular formula is C17H24F3N3. The summed E-state index contributed by atoms with van der Waals surface area (Å²) in [6.07, 6.45) is 4.12. The Balaban J connectivity index is 1.45. The van der Waals surface area contributed by atoms with E-state index in [0.717, 1.165) is 44.1 Å². The Morgan fingerprint density at radius 1 is 1.09 bits per heavy atom. The molecular weight excluding hydrogens is 303 g/mol. The summed E-state index contributed by atoms with van der Waals surface area (Å²) in [5.74, 6) is 1.41. The number of alkyl halides is 3. The predicted molar refractivity (Wildman–Crippen MR) is 84.3 cm³/mol. The minimum atomic E-state index is -4.32. The average molecular weight is 327 g/mol. The van der Waals surface area contributed by atoms with Gasteiger partial charge in [-0.1, -0.05) is 12.8 Å². The van der Waals surface area contributed by atoms with E-state index in [1.807, 2.05) is 0 Å². The normalized spacial score (nSPS) is 21.7. The lowest BCUT2D eigenvalue weighted by Gasteiger charge is -2.34. The van der Waals surface area contributed by atoms with Crippen LogP contribution in [0.3, 0.4) is 0 Å². The topological polar surface area (TPSA) is 28.2 Å². The van der Waals surface area contributed by atoms with Gasteiger partial charge in [0.1, 0.15) is 5.82 Å². The zero-order valence-electron chi connectivity index (χ0n) is 13.3. The van der Waals surface area contributed by atoms with Gasteiger partial charge in [-0.2, -0.15) is 13.2 Å².